The number of rotatable bonds is 7. The molecule has 0 spiro atoms. The minimum absolute atomic E-state index is 0.810. The van der Waals surface area contributed by atoms with Crippen LogP contribution in [0.5, 0.6) is 0 Å². The zero-order valence-electron chi connectivity index (χ0n) is 9.23. The highest BCUT2D eigenvalue weighted by Gasteiger charge is 2.12. The van der Waals surface area contributed by atoms with Crippen LogP contribution in [0.1, 0.15) is 51.4 Å². The third-order valence-corrected chi connectivity index (χ3v) is 3.46. The summed E-state index contributed by atoms with van der Waals surface area (Å²) in [5, 5.41) is 3.51. The summed E-state index contributed by atoms with van der Waals surface area (Å²) >= 11 is 5.61. The lowest BCUT2D eigenvalue weighted by molar-refractivity contribution is 0.334. The molecule has 0 bridgehead atoms. The van der Waals surface area contributed by atoms with Gasteiger partial charge in [-0.05, 0) is 38.3 Å². The van der Waals surface area contributed by atoms with E-state index >= 15 is 0 Å². The van der Waals surface area contributed by atoms with E-state index in [1.807, 2.05) is 0 Å². The van der Waals surface area contributed by atoms with Crippen LogP contribution in [0.3, 0.4) is 0 Å². The first-order valence-corrected chi connectivity index (χ1v) is 6.73. The van der Waals surface area contributed by atoms with Crippen molar-refractivity contribution in [3.8, 4) is 0 Å². The van der Waals surface area contributed by atoms with E-state index in [2.05, 4.69) is 5.32 Å². The molecule has 0 atom stereocenters. The summed E-state index contributed by atoms with van der Waals surface area (Å²) in [6, 6.07) is 0. The Morgan fingerprint density at radius 2 is 1.79 bits per heavy atom. The first-order valence-electron chi connectivity index (χ1n) is 6.20. The largest absolute Gasteiger partial charge is 0.317 e. The molecule has 0 amide bonds. The second-order valence-electron chi connectivity index (χ2n) is 4.44. The zero-order chi connectivity index (χ0) is 10.1. The van der Waals surface area contributed by atoms with Gasteiger partial charge in [0.1, 0.15) is 0 Å². The van der Waals surface area contributed by atoms with E-state index < -0.39 is 0 Å². The molecule has 0 aromatic heterocycles. The molecule has 0 aromatic carbocycles. The molecule has 1 aliphatic rings. The van der Waals surface area contributed by atoms with Gasteiger partial charge in [-0.25, -0.2) is 0 Å². The Kier molecular flexibility index (Phi) is 7.52. The lowest BCUT2D eigenvalue weighted by Crippen LogP contribution is -2.20. The molecular weight excluding hydrogens is 194 g/mol. The summed E-state index contributed by atoms with van der Waals surface area (Å²) in [6.07, 6.45) is 11.1. The van der Waals surface area contributed by atoms with Gasteiger partial charge in [0.2, 0.25) is 0 Å². The molecule has 0 saturated heterocycles. The molecule has 14 heavy (non-hydrogen) atoms. The summed E-state index contributed by atoms with van der Waals surface area (Å²) in [4.78, 5) is 0. The molecule has 0 aromatic rings. The molecular formula is C12H24ClN. The lowest BCUT2D eigenvalue weighted by Gasteiger charge is -2.21. The van der Waals surface area contributed by atoms with Gasteiger partial charge < -0.3 is 5.32 Å². The summed E-state index contributed by atoms with van der Waals surface area (Å²) in [5.74, 6) is 1.83. The zero-order valence-corrected chi connectivity index (χ0v) is 9.99. The number of hydrogen-bond donors (Lipinski definition) is 1. The third-order valence-electron chi connectivity index (χ3n) is 3.19. The number of hydrogen-bond acceptors (Lipinski definition) is 1. The highest BCUT2D eigenvalue weighted by Crippen LogP contribution is 2.25. The van der Waals surface area contributed by atoms with E-state index in [1.54, 1.807) is 0 Å². The van der Waals surface area contributed by atoms with Crippen molar-refractivity contribution in [1.82, 2.24) is 5.32 Å². The molecule has 1 rings (SSSR count). The van der Waals surface area contributed by atoms with Crippen molar-refractivity contribution >= 4 is 11.6 Å². The Balaban J connectivity index is 1.82. The Bertz CT molecular complexity index is 121. The number of alkyl halides is 1. The van der Waals surface area contributed by atoms with Crippen molar-refractivity contribution in [3.05, 3.63) is 0 Å². The minimum atomic E-state index is 0.810. The molecule has 2 heteroatoms. The fourth-order valence-electron chi connectivity index (χ4n) is 2.25. The van der Waals surface area contributed by atoms with E-state index in [4.69, 9.17) is 11.6 Å². The van der Waals surface area contributed by atoms with E-state index in [0.717, 1.165) is 24.8 Å². The van der Waals surface area contributed by atoms with Crippen molar-refractivity contribution in [3.63, 3.8) is 0 Å². The van der Waals surface area contributed by atoms with Gasteiger partial charge in [-0.1, -0.05) is 32.1 Å². The van der Waals surface area contributed by atoms with Crippen molar-refractivity contribution in [2.24, 2.45) is 5.92 Å². The van der Waals surface area contributed by atoms with Crippen LogP contribution < -0.4 is 5.32 Å². The highest BCUT2D eigenvalue weighted by molar-refractivity contribution is 6.17. The molecule has 1 nitrogen and oxygen atoms in total. The average molecular weight is 218 g/mol. The van der Waals surface area contributed by atoms with Crippen LogP contribution in [0.2, 0.25) is 0 Å². The number of halogens is 1. The van der Waals surface area contributed by atoms with Gasteiger partial charge in [0.15, 0.2) is 0 Å². The van der Waals surface area contributed by atoms with Gasteiger partial charge in [-0.2, -0.15) is 0 Å². The first-order chi connectivity index (χ1) is 6.93. The number of nitrogens with one attached hydrogen (secondary N) is 1. The molecule has 1 N–H and O–H groups in total. The Morgan fingerprint density at radius 3 is 2.50 bits per heavy atom. The van der Waals surface area contributed by atoms with Crippen LogP contribution in [0, 0.1) is 5.92 Å². The quantitative estimate of drug-likeness (QED) is 0.508. The standard InChI is InChI=1S/C12H24ClN/c13-9-4-5-10-14-11-8-12-6-2-1-3-7-12/h12,14H,1-11H2. The Hall–Kier alpha value is 0.250. The van der Waals surface area contributed by atoms with Crippen LogP contribution in [0.4, 0.5) is 0 Å². The maximum Gasteiger partial charge on any atom is 0.0223 e. The van der Waals surface area contributed by atoms with Gasteiger partial charge >= 0.3 is 0 Å². The van der Waals surface area contributed by atoms with Crippen molar-refractivity contribution < 1.29 is 0 Å². The van der Waals surface area contributed by atoms with Crippen molar-refractivity contribution in [2.45, 2.75) is 51.4 Å². The Labute approximate surface area is 93.6 Å². The Morgan fingerprint density at radius 1 is 1.00 bits per heavy atom. The molecule has 1 saturated carbocycles. The fraction of sp³-hybridized carbons (Fsp3) is 1.00. The lowest BCUT2D eigenvalue weighted by atomic mass is 9.87. The first kappa shape index (κ1) is 12.3. The predicted octanol–water partition coefficient (Wildman–Crippen LogP) is 3.57. The van der Waals surface area contributed by atoms with E-state index in [-0.39, 0.29) is 0 Å². The van der Waals surface area contributed by atoms with Crippen LogP contribution in [0.15, 0.2) is 0 Å². The fourth-order valence-corrected chi connectivity index (χ4v) is 2.44. The van der Waals surface area contributed by atoms with Gasteiger partial charge in [-0.3, -0.25) is 0 Å². The SMILES string of the molecule is ClCCCCNCCC1CCCCC1. The minimum Gasteiger partial charge on any atom is -0.317 e. The summed E-state index contributed by atoms with van der Waals surface area (Å²) in [7, 11) is 0. The smallest absolute Gasteiger partial charge is 0.0223 e. The summed E-state index contributed by atoms with van der Waals surface area (Å²) in [5.41, 5.74) is 0. The topological polar surface area (TPSA) is 12.0 Å². The second kappa shape index (κ2) is 8.55. The summed E-state index contributed by atoms with van der Waals surface area (Å²) < 4.78 is 0. The molecule has 0 radical (unpaired) electrons. The molecule has 1 aliphatic carbocycles. The monoisotopic (exact) mass is 217 g/mol. The van der Waals surface area contributed by atoms with Crippen LogP contribution in [-0.4, -0.2) is 19.0 Å². The van der Waals surface area contributed by atoms with Crippen LogP contribution in [0.25, 0.3) is 0 Å². The molecule has 0 heterocycles. The molecule has 84 valence electrons. The maximum atomic E-state index is 5.61. The molecule has 0 aliphatic heterocycles. The van der Waals surface area contributed by atoms with Gasteiger partial charge in [-0.15, -0.1) is 11.6 Å². The number of unbranched alkanes of at least 4 members (excludes halogenated alkanes) is 1. The average Bonchev–Trinajstić information content (AvgIpc) is 2.25. The van der Waals surface area contributed by atoms with Gasteiger partial charge in [0.25, 0.3) is 0 Å². The molecule has 1 fully saturated rings. The van der Waals surface area contributed by atoms with E-state index in [1.165, 1.54) is 51.5 Å². The predicted molar refractivity (Wildman–Crippen MR) is 64.0 cm³/mol. The van der Waals surface area contributed by atoms with Gasteiger partial charge in [0.05, 0.1) is 0 Å². The van der Waals surface area contributed by atoms with E-state index in [0.29, 0.717) is 0 Å². The van der Waals surface area contributed by atoms with Crippen molar-refractivity contribution in [1.29, 1.82) is 0 Å². The van der Waals surface area contributed by atoms with Crippen molar-refractivity contribution in [2.75, 3.05) is 19.0 Å². The van der Waals surface area contributed by atoms with Crippen LogP contribution >= 0.6 is 11.6 Å². The molecule has 0 unspecified atom stereocenters. The van der Waals surface area contributed by atoms with E-state index in [9.17, 15) is 0 Å². The maximum absolute atomic E-state index is 5.61. The van der Waals surface area contributed by atoms with Crippen LogP contribution in [-0.2, 0) is 0 Å². The second-order valence-corrected chi connectivity index (χ2v) is 4.82. The van der Waals surface area contributed by atoms with Gasteiger partial charge in [0, 0.05) is 5.88 Å². The summed E-state index contributed by atoms with van der Waals surface area (Å²) in [6.45, 7) is 2.37. The third kappa shape index (κ3) is 5.87. The highest BCUT2D eigenvalue weighted by atomic mass is 35.5. The normalized spacial score (nSPS) is 18.6.